The maximum absolute atomic E-state index is 9.69. The molecule has 0 aliphatic heterocycles. The molecule has 0 saturated carbocycles. The van der Waals surface area contributed by atoms with E-state index in [-0.39, 0.29) is 23.7 Å². The SMILES string of the molecule is N=c1c(=NCc2ccsc2)n(O)c(N)c(N)n1O. The summed E-state index contributed by atoms with van der Waals surface area (Å²) in [5.74, 6) is -0.602. The molecular weight excluding hydrogens is 256 g/mol. The summed E-state index contributed by atoms with van der Waals surface area (Å²) in [6, 6.07) is 1.87. The molecule has 0 atom stereocenters. The number of nitrogens with two attached hydrogens (primary N) is 2. The zero-order valence-corrected chi connectivity index (χ0v) is 10.1. The Balaban J connectivity index is 2.58. The van der Waals surface area contributed by atoms with Crippen molar-refractivity contribution >= 4 is 23.0 Å². The van der Waals surface area contributed by atoms with Crippen LogP contribution in [0.2, 0.25) is 0 Å². The van der Waals surface area contributed by atoms with Crippen LogP contribution in [0.25, 0.3) is 0 Å². The Kier molecular flexibility index (Phi) is 2.98. The molecule has 9 heteroatoms. The van der Waals surface area contributed by atoms with Gasteiger partial charge in [-0.15, -0.1) is 9.46 Å². The third-order valence-electron chi connectivity index (χ3n) is 2.33. The minimum Gasteiger partial charge on any atom is -0.425 e. The average Bonchev–Trinajstić information content (AvgIpc) is 2.87. The zero-order chi connectivity index (χ0) is 13.3. The van der Waals surface area contributed by atoms with Gasteiger partial charge in [0.25, 0.3) is 0 Å². The molecule has 8 nitrogen and oxygen atoms in total. The van der Waals surface area contributed by atoms with E-state index in [1.165, 1.54) is 11.3 Å². The summed E-state index contributed by atoms with van der Waals surface area (Å²) in [4.78, 5) is 4.03. The van der Waals surface area contributed by atoms with Gasteiger partial charge in [-0.05, 0) is 22.4 Å². The highest BCUT2D eigenvalue weighted by atomic mass is 32.1. The van der Waals surface area contributed by atoms with Gasteiger partial charge in [0.1, 0.15) is 0 Å². The second-order valence-electron chi connectivity index (χ2n) is 3.51. The average molecular weight is 268 g/mol. The van der Waals surface area contributed by atoms with Crippen molar-refractivity contribution in [2.24, 2.45) is 4.99 Å². The van der Waals surface area contributed by atoms with Crippen molar-refractivity contribution in [3.05, 3.63) is 33.4 Å². The van der Waals surface area contributed by atoms with Gasteiger partial charge in [-0.1, -0.05) is 0 Å². The van der Waals surface area contributed by atoms with E-state index in [0.717, 1.165) is 5.56 Å². The molecule has 0 bridgehead atoms. The summed E-state index contributed by atoms with van der Waals surface area (Å²) < 4.78 is 0.852. The predicted molar refractivity (Wildman–Crippen MR) is 65.1 cm³/mol. The Labute approximate surface area is 105 Å². The molecule has 0 amide bonds. The van der Waals surface area contributed by atoms with Gasteiger partial charge in [-0.25, -0.2) is 0 Å². The lowest BCUT2D eigenvalue weighted by Crippen LogP contribution is -2.43. The molecule has 0 unspecified atom stereocenters. The topological polar surface area (TPSA) is 139 Å². The summed E-state index contributed by atoms with van der Waals surface area (Å²) in [7, 11) is 0. The molecule has 0 radical (unpaired) electrons. The Morgan fingerprint density at radius 3 is 2.56 bits per heavy atom. The minimum atomic E-state index is -0.445. The first-order valence-electron chi connectivity index (χ1n) is 4.90. The van der Waals surface area contributed by atoms with E-state index in [0.29, 0.717) is 9.46 Å². The fourth-order valence-corrected chi connectivity index (χ4v) is 2.00. The van der Waals surface area contributed by atoms with Crippen LogP contribution in [0, 0.1) is 5.41 Å². The minimum absolute atomic E-state index is 0.171. The number of nitrogens with one attached hydrogen (secondary N) is 1. The van der Waals surface area contributed by atoms with Crippen LogP contribution in [0.5, 0.6) is 0 Å². The van der Waals surface area contributed by atoms with Gasteiger partial charge < -0.3 is 21.9 Å². The van der Waals surface area contributed by atoms with Crippen molar-refractivity contribution < 1.29 is 10.4 Å². The number of nitrogen functional groups attached to an aromatic ring is 2. The highest BCUT2D eigenvalue weighted by Crippen LogP contribution is 2.07. The fourth-order valence-electron chi connectivity index (χ4n) is 1.34. The van der Waals surface area contributed by atoms with Crippen LogP contribution < -0.4 is 22.4 Å². The number of rotatable bonds is 2. The van der Waals surface area contributed by atoms with E-state index >= 15 is 0 Å². The standard InChI is InChI=1S/C9H12N6O2S/c10-6-7(11)15(17)9(8(12)14(6)16)13-3-5-1-2-18-4-5/h1-2,4,12,16-17H,3,10-11H2. The first kappa shape index (κ1) is 12.0. The molecule has 2 rings (SSSR count). The number of nitrogens with zero attached hydrogens (tertiary/aromatic N) is 3. The number of hydrogen-bond acceptors (Lipinski definition) is 7. The molecule has 0 spiro atoms. The summed E-state index contributed by atoms with van der Waals surface area (Å²) in [5, 5.41) is 30.6. The highest BCUT2D eigenvalue weighted by molar-refractivity contribution is 7.07. The second-order valence-corrected chi connectivity index (χ2v) is 4.29. The van der Waals surface area contributed by atoms with E-state index in [2.05, 4.69) is 4.99 Å². The van der Waals surface area contributed by atoms with E-state index in [9.17, 15) is 10.4 Å². The number of anilines is 2. The number of hydrogen-bond donors (Lipinski definition) is 5. The Morgan fingerprint density at radius 1 is 1.28 bits per heavy atom. The van der Waals surface area contributed by atoms with Gasteiger partial charge >= 0.3 is 0 Å². The van der Waals surface area contributed by atoms with Crippen molar-refractivity contribution in [1.29, 1.82) is 5.41 Å². The molecular formula is C9H12N6O2S. The molecule has 0 saturated heterocycles. The van der Waals surface area contributed by atoms with Crippen LogP contribution in [0.4, 0.5) is 11.6 Å². The quantitative estimate of drug-likeness (QED) is 0.471. The predicted octanol–water partition coefficient (Wildman–Crippen LogP) is -0.430. The first-order valence-corrected chi connectivity index (χ1v) is 5.84. The normalized spacial score (nSPS) is 11.9. The van der Waals surface area contributed by atoms with E-state index in [1.54, 1.807) is 0 Å². The lowest BCUT2D eigenvalue weighted by molar-refractivity contribution is 0.141. The van der Waals surface area contributed by atoms with Crippen LogP contribution in [-0.2, 0) is 6.54 Å². The smallest absolute Gasteiger partial charge is 0.212 e. The second kappa shape index (κ2) is 4.45. The van der Waals surface area contributed by atoms with Crippen LogP contribution >= 0.6 is 11.3 Å². The molecule has 0 aliphatic rings. The monoisotopic (exact) mass is 268 g/mol. The lowest BCUT2D eigenvalue weighted by atomic mass is 10.3. The van der Waals surface area contributed by atoms with E-state index in [1.807, 2.05) is 16.8 Å². The molecule has 2 aromatic rings. The van der Waals surface area contributed by atoms with Crippen molar-refractivity contribution in [2.45, 2.75) is 6.54 Å². The van der Waals surface area contributed by atoms with Gasteiger partial charge in [-0.2, -0.15) is 11.3 Å². The Morgan fingerprint density at radius 2 is 1.94 bits per heavy atom. The van der Waals surface area contributed by atoms with Crippen molar-refractivity contribution in [3.63, 3.8) is 0 Å². The van der Waals surface area contributed by atoms with Gasteiger partial charge in [-0.3, -0.25) is 10.4 Å². The summed E-state index contributed by atoms with van der Waals surface area (Å²) in [5.41, 5.74) is 11.2. The molecule has 96 valence electrons. The highest BCUT2D eigenvalue weighted by Gasteiger charge is 2.09. The van der Waals surface area contributed by atoms with Crippen molar-refractivity contribution in [3.8, 4) is 0 Å². The fraction of sp³-hybridized carbons (Fsp3) is 0.111. The van der Waals surface area contributed by atoms with Crippen molar-refractivity contribution in [1.82, 2.24) is 9.46 Å². The van der Waals surface area contributed by atoms with Crippen LogP contribution in [-0.4, -0.2) is 19.9 Å². The first-order chi connectivity index (χ1) is 8.52. The van der Waals surface area contributed by atoms with E-state index in [4.69, 9.17) is 16.9 Å². The maximum atomic E-state index is 9.69. The largest absolute Gasteiger partial charge is 0.425 e. The summed E-state index contributed by atoms with van der Waals surface area (Å²) >= 11 is 1.52. The molecule has 7 N–H and O–H groups in total. The number of thiophene rings is 1. The lowest BCUT2D eigenvalue weighted by Gasteiger charge is -2.09. The summed E-state index contributed by atoms with van der Waals surface area (Å²) in [6.07, 6.45) is 0. The number of aromatic nitrogens is 2. The molecule has 2 heterocycles. The van der Waals surface area contributed by atoms with Gasteiger partial charge in [0.05, 0.1) is 6.54 Å². The molecule has 0 aromatic carbocycles. The molecule has 18 heavy (non-hydrogen) atoms. The van der Waals surface area contributed by atoms with Gasteiger partial charge in [0, 0.05) is 0 Å². The van der Waals surface area contributed by atoms with Gasteiger partial charge in [0.15, 0.2) is 11.6 Å². The van der Waals surface area contributed by atoms with Crippen molar-refractivity contribution in [2.75, 3.05) is 11.5 Å². The molecule has 0 fully saturated rings. The Bertz CT molecular complexity index is 684. The maximum Gasteiger partial charge on any atom is 0.212 e. The zero-order valence-electron chi connectivity index (χ0n) is 9.24. The summed E-state index contributed by atoms with van der Waals surface area (Å²) in [6.45, 7) is 0.263. The molecule has 0 aliphatic carbocycles. The van der Waals surface area contributed by atoms with Crippen LogP contribution in [0.15, 0.2) is 21.8 Å². The Hall–Kier alpha value is -2.42. The van der Waals surface area contributed by atoms with Gasteiger partial charge in [0.2, 0.25) is 11.0 Å². The third kappa shape index (κ3) is 1.91. The van der Waals surface area contributed by atoms with Crippen LogP contribution in [0.1, 0.15) is 5.56 Å². The van der Waals surface area contributed by atoms with E-state index < -0.39 is 5.49 Å². The molecule has 2 aromatic heterocycles. The van der Waals surface area contributed by atoms with Crippen LogP contribution in [0.3, 0.4) is 0 Å². The third-order valence-corrected chi connectivity index (χ3v) is 3.07.